The largest absolute Gasteiger partial charge is 0.486 e. The van der Waals surface area contributed by atoms with E-state index in [-0.39, 0.29) is 0 Å². The molecule has 0 unspecified atom stereocenters. The van der Waals surface area contributed by atoms with Crippen LogP contribution in [0.3, 0.4) is 0 Å². The van der Waals surface area contributed by atoms with Gasteiger partial charge in [-0.1, -0.05) is 0 Å². The average Bonchev–Trinajstić information content (AvgIpc) is 2.51. The third kappa shape index (κ3) is 3.18. The summed E-state index contributed by atoms with van der Waals surface area (Å²) in [7, 11) is 0. The summed E-state index contributed by atoms with van der Waals surface area (Å²) in [6.45, 7) is 3.92. The van der Waals surface area contributed by atoms with Crippen LogP contribution in [0.4, 0.5) is 17.5 Å². The van der Waals surface area contributed by atoms with E-state index in [0.29, 0.717) is 25.0 Å². The van der Waals surface area contributed by atoms with Crippen molar-refractivity contribution in [1.29, 1.82) is 0 Å². The molecule has 1 aromatic heterocycles. The number of benzene rings is 1. The van der Waals surface area contributed by atoms with E-state index in [1.807, 2.05) is 25.1 Å². The predicted octanol–water partition coefficient (Wildman–Crippen LogP) is 3.19. The Morgan fingerprint density at radius 2 is 2.05 bits per heavy atom. The second-order valence-electron chi connectivity index (χ2n) is 4.40. The van der Waals surface area contributed by atoms with Crippen molar-refractivity contribution in [2.75, 3.05) is 30.4 Å². The monoisotopic (exact) mass is 350 g/mol. The number of rotatable bonds is 4. The topological polar surface area (TPSA) is 68.3 Å². The molecule has 21 heavy (non-hydrogen) atoms. The summed E-state index contributed by atoms with van der Waals surface area (Å²) in [5.74, 6) is 2.78. The van der Waals surface area contributed by atoms with Crippen LogP contribution in [0.15, 0.2) is 28.9 Å². The molecule has 0 aliphatic carbocycles. The fourth-order valence-corrected chi connectivity index (χ4v) is 2.25. The van der Waals surface area contributed by atoms with Crippen LogP contribution in [0.2, 0.25) is 0 Å². The molecule has 0 radical (unpaired) electrons. The van der Waals surface area contributed by atoms with Gasteiger partial charge in [0.2, 0.25) is 5.95 Å². The second kappa shape index (κ2) is 6.17. The number of anilines is 3. The van der Waals surface area contributed by atoms with Gasteiger partial charge in [-0.15, -0.1) is 0 Å². The summed E-state index contributed by atoms with van der Waals surface area (Å²) in [4.78, 5) is 8.60. The first-order chi connectivity index (χ1) is 10.3. The van der Waals surface area contributed by atoms with E-state index in [1.165, 1.54) is 0 Å². The van der Waals surface area contributed by atoms with Crippen molar-refractivity contribution in [2.24, 2.45) is 0 Å². The van der Waals surface area contributed by atoms with Crippen molar-refractivity contribution in [3.8, 4) is 11.5 Å². The zero-order chi connectivity index (χ0) is 14.7. The van der Waals surface area contributed by atoms with Gasteiger partial charge >= 0.3 is 0 Å². The van der Waals surface area contributed by atoms with E-state index in [4.69, 9.17) is 9.47 Å². The van der Waals surface area contributed by atoms with Crippen LogP contribution in [0, 0.1) is 0 Å². The Kier molecular flexibility index (Phi) is 4.10. The first-order valence-electron chi connectivity index (χ1n) is 6.69. The molecule has 1 aromatic carbocycles. The summed E-state index contributed by atoms with van der Waals surface area (Å²) in [5.41, 5.74) is 0.876. The van der Waals surface area contributed by atoms with E-state index in [2.05, 4.69) is 36.5 Å². The fourth-order valence-electron chi connectivity index (χ4n) is 1.96. The van der Waals surface area contributed by atoms with E-state index < -0.39 is 0 Å². The summed E-state index contributed by atoms with van der Waals surface area (Å²) < 4.78 is 11.9. The van der Waals surface area contributed by atoms with Crippen molar-refractivity contribution in [1.82, 2.24) is 9.97 Å². The van der Waals surface area contributed by atoms with Crippen LogP contribution in [-0.4, -0.2) is 29.7 Å². The van der Waals surface area contributed by atoms with Crippen molar-refractivity contribution in [3.05, 3.63) is 28.9 Å². The van der Waals surface area contributed by atoms with Gasteiger partial charge in [0, 0.05) is 24.5 Å². The molecule has 2 aromatic rings. The third-order valence-electron chi connectivity index (χ3n) is 2.88. The number of halogens is 1. The van der Waals surface area contributed by atoms with E-state index >= 15 is 0 Å². The summed E-state index contributed by atoms with van der Waals surface area (Å²) >= 11 is 3.44. The summed E-state index contributed by atoms with van der Waals surface area (Å²) in [6.07, 6.45) is 1.71. The van der Waals surface area contributed by atoms with Gasteiger partial charge in [-0.05, 0) is 35.0 Å². The lowest BCUT2D eigenvalue weighted by molar-refractivity contribution is 0.171. The lowest BCUT2D eigenvalue weighted by atomic mass is 10.2. The molecule has 0 fully saturated rings. The summed E-state index contributed by atoms with van der Waals surface area (Å²) in [5, 5.41) is 6.33. The fraction of sp³-hybridized carbons (Fsp3) is 0.286. The van der Waals surface area contributed by atoms with Crippen molar-refractivity contribution < 1.29 is 9.47 Å². The average molecular weight is 351 g/mol. The van der Waals surface area contributed by atoms with Crippen LogP contribution < -0.4 is 20.1 Å². The molecule has 0 bridgehead atoms. The Bertz CT molecular complexity index is 651. The van der Waals surface area contributed by atoms with E-state index in [9.17, 15) is 0 Å². The maximum absolute atomic E-state index is 5.57. The maximum Gasteiger partial charge on any atom is 0.224 e. The van der Waals surface area contributed by atoms with Crippen molar-refractivity contribution >= 4 is 33.4 Å². The Morgan fingerprint density at radius 3 is 2.86 bits per heavy atom. The minimum absolute atomic E-state index is 0.568. The third-order valence-corrected chi connectivity index (χ3v) is 3.46. The van der Waals surface area contributed by atoms with Crippen LogP contribution >= 0.6 is 15.9 Å². The number of fused-ring (bicyclic) bond motifs is 1. The zero-order valence-corrected chi connectivity index (χ0v) is 13.1. The van der Waals surface area contributed by atoms with Crippen molar-refractivity contribution in [3.63, 3.8) is 0 Å². The second-order valence-corrected chi connectivity index (χ2v) is 5.26. The minimum Gasteiger partial charge on any atom is -0.486 e. The Hall–Kier alpha value is -2.02. The summed E-state index contributed by atoms with van der Waals surface area (Å²) in [6, 6.07) is 5.71. The molecule has 0 amide bonds. The molecule has 2 heterocycles. The number of aromatic nitrogens is 2. The molecule has 110 valence electrons. The molecule has 6 nitrogen and oxygen atoms in total. The molecule has 1 aliphatic heterocycles. The number of hydrogen-bond donors (Lipinski definition) is 2. The van der Waals surface area contributed by atoms with Gasteiger partial charge in [-0.3, -0.25) is 0 Å². The quantitative estimate of drug-likeness (QED) is 0.882. The van der Waals surface area contributed by atoms with Gasteiger partial charge in [-0.2, -0.15) is 4.98 Å². The number of ether oxygens (including phenoxy) is 2. The molecule has 2 N–H and O–H groups in total. The van der Waals surface area contributed by atoms with Gasteiger partial charge in [0.1, 0.15) is 19.0 Å². The molecule has 0 atom stereocenters. The van der Waals surface area contributed by atoms with Crippen LogP contribution in [0.1, 0.15) is 6.92 Å². The number of hydrogen-bond acceptors (Lipinski definition) is 6. The maximum atomic E-state index is 5.57. The molecule has 1 aliphatic rings. The standard InChI is InChI=1S/C14H15BrN4O2/c1-2-16-14-17-8-10(15)13(19-14)18-9-3-4-11-12(7-9)21-6-5-20-11/h3-4,7-8H,2,5-6H2,1H3,(H2,16,17,18,19). The Labute approximate surface area is 131 Å². The highest BCUT2D eigenvalue weighted by atomic mass is 79.9. The molecule has 0 spiro atoms. The van der Waals surface area contributed by atoms with E-state index in [1.54, 1.807) is 6.20 Å². The van der Waals surface area contributed by atoms with Gasteiger partial charge in [0.05, 0.1) is 4.47 Å². The lowest BCUT2D eigenvalue weighted by Gasteiger charge is -2.19. The van der Waals surface area contributed by atoms with Gasteiger partial charge in [-0.25, -0.2) is 4.98 Å². The van der Waals surface area contributed by atoms with Crippen LogP contribution in [0.5, 0.6) is 11.5 Å². The highest BCUT2D eigenvalue weighted by Gasteiger charge is 2.12. The normalized spacial score (nSPS) is 12.9. The van der Waals surface area contributed by atoms with E-state index in [0.717, 1.165) is 28.2 Å². The van der Waals surface area contributed by atoms with Crippen LogP contribution in [-0.2, 0) is 0 Å². The minimum atomic E-state index is 0.568. The Morgan fingerprint density at radius 1 is 1.24 bits per heavy atom. The zero-order valence-electron chi connectivity index (χ0n) is 11.5. The first kappa shape index (κ1) is 13.9. The van der Waals surface area contributed by atoms with Gasteiger partial charge in [0.25, 0.3) is 0 Å². The molecule has 3 rings (SSSR count). The van der Waals surface area contributed by atoms with Crippen LogP contribution in [0.25, 0.3) is 0 Å². The number of nitrogens with zero attached hydrogens (tertiary/aromatic N) is 2. The van der Waals surface area contributed by atoms with Gasteiger partial charge in [0.15, 0.2) is 11.5 Å². The molecular formula is C14H15BrN4O2. The van der Waals surface area contributed by atoms with Gasteiger partial charge < -0.3 is 20.1 Å². The molecular weight excluding hydrogens is 336 g/mol. The van der Waals surface area contributed by atoms with Crippen molar-refractivity contribution in [2.45, 2.75) is 6.92 Å². The Balaban J connectivity index is 1.84. The smallest absolute Gasteiger partial charge is 0.224 e. The number of nitrogens with one attached hydrogen (secondary N) is 2. The first-order valence-corrected chi connectivity index (χ1v) is 7.48. The highest BCUT2D eigenvalue weighted by Crippen LogP contribution is 2.34. The lowest BCUT2D eigenvalue weighted by Crippen LogP contribution is -2.15. The molecule has 7 heteroatoms. The molecule has 0 saturated heterocycles. The predicted molar refractivity (Wildman–Crippen MR) is 84.6 cm³/mol. The molecule has 0 saturated carbocycles. The highest BCUT2D eigenvalue weighted by molar-refractivity contribution is 9.10. The SMILES string of the molecule is CCNc1ncc(Br)c(Nc2ccc3c(c2)OCCO3)n1.